The van der Waals surface area contributed by atoms with Crippen molar-refractivity contribution in [1.29, 1.82) is 0 Å². The zero-order valence-electron chi connectivity index (χ0n) is 12.2. The van der Waals surface area contributed by atoms with Crippen LogP contribution in [-0.2, 0) is 4.79 Å². The number of piperazine rings is 1. The van der Waals surface area contributed by atoms with Crippen molar-refractivity contribution in [2.24, 2.45) is 5.41 Å². The minimum Gasteiger partial charge on any atom is -0.339 e. The molecule has 0 radical (unpaired) electrons. The second kappa shape index (κ2) is 5.31. The molecular formula is C13H23F3N2O. The number of carbonyl (C=O) groups is 1. The molecule has 0 bridgehead atoms. The molecule has 1 rings (SSSR count). The van der Waals surface area contributed by atoms with Crippen molar-refractivity contribution in [3.05, 3.63) is 0 Å². The Kier molecular flexibility index (Phi) is 4.55. The van der Waals surface area contributed by atoms with Gasteiger partial charge in [-0.25, -0.2) is 0 Å². The van der Waals surface area contributed by atoms with Crippen LogP contribution in [0.15, 0.2) is 0 Å². The highest BCUT2D eigenvalue weighted by atomic mass is 19.4. The summed E-state index contributed by atoms with van der Waals surface area (Å²) in [6, 6.07) is -1.86. The average molecular weight is 280 g/mol. The fourth-order valence-corrected chi connectivity index (χ4v) is 2.27. The summed E-state index contributed by atoms with van der Waals surface area (Å²) in [7, 11) is 1.47. The highest BCUT2D eigenvalue weighted by Crippen LogP contribution is 2.30. The number of likely N-dealkylation sites (N-methyl/N-ethyl adjacent to an activating group) is 1. The Morgan fingerprint density at radius 1 is 1.21 bits per heavy atom. The lowest BCUT2D eigenvalue weighted by atomic mass is 9.91. The molecule has 1 fully saturated rings. The van der Waals surface area contributed by atoms with Crippen LogP contribution in [0.25, 0.3) is 0 Å². The normalized spacial score (nSPS) is 26.6. The van der Waals surface area contributed by atoms with Crippen LogP contribution >= 0.6 is 0 Å². The molecule has 1 amide bonds. The summed E-state index contributed by atoms with van der Waals surface area (Å²) < 4.78 is 38.9. The molecule has 0 N–H and O–H groups in total. The van der Waals surface area contributed by atoms with Crippen LogP contribution in [0.3, 0.4) is 0 Å². The molecule has 112 valence electrons. The molecule has 2 atom stereocenters. The molecule has 0 aliphatic carbocycles. The summed E-state index contributed by atoms with van der Waals surface area (Å²) in [6.07, 6.45) is -4.03. The molecular weight excluding hydrogens is 257 g/mol. The summed E-state index contributed by atoms with van der Waals surface area (Å²) in [6.45, 7) is 7.54. The van der Waals surface area contributed by atoms with Crippen LogP contribution in [-0.4, -0.2) is 54.1 Å². The number of carbonyl (C=O) groups excluding carboxylic acids is 1. The Bertz CT molecular complexity index is 336. The highest BCUT2D eigenvalue weighted by molar-refractivity contribution is 5.77. The van der Waals surface area contributed by atoms with E-state index in [0.29, 0.717) is 6.54 Å². The summed E-state index contributed by atoms with van der Waals surface area (Å²) >= 11 is 0. The van der Waals surface area contributed by atoms with Gasteiger partial charge in [-0.2, -0.15) is 13.2 Å². The molecule has 0 aromatic rings. The summed E-state index contributed by atoms with van der Waals surface area (Å²) in [5.74, 6) is -0.193. The van der Waals surface area contributed by atoms with Gasteiger partial charge in [-0.15, -0.1) is 0 Å². The number of amides is 1. The van der Waals surface area contributed by atoms with Crippen LogP contribution in [0, 0.1) is 5.41 Å². The van der Waals surface area contributed by atoms with Crippen LogP contribution in [0.2, 0.25) is 0 Å². The Morgan fingerprint density at radius 3 is 2.16 bits per heavy atom. The minimum atomic E-state index is -4.30. The van der Waals surface area contributed by atoms with Gasteiger partial charge in [-0.3, -0.25) is 9.69 Å². The third kappa shape index (κ3) is 4.37. The van der Waals surface area contributed by atoms with E-state index in [-0.39, 0.29) is 30.3 Å². The lowest BCUT2D eigenvalue weighted by Gasteiger charge is -2.44. The van der Waals surface area contributed by atoms with Gasteiger partial charge in [-0.1, -0.05) is 20.8 Å². The van der Waals surface area contributed by atoms with E-state index in [0.717, 1.165) is 0 Å². The first-order valence-electron chi connectivity index (χ1n) is 6.48. The first-order valence-corrected chi connectivity index (χ1v) is 6.48. The predicted octanol–water partition coefficient (Wildman–Crippen LogP) is 2.52. The van der Waals surface area contributed by atoms with Gasteiger partial charge in [0.2, 0.25) is 5.91 Å². The molecule has 0 spiro atoms. The molecule has 6 heteroatoms. The molecule has 1 aliphatic heterocycles. The molecule has 0 saturated carbocycles. The van der Waals surface area contributed by atoms with Gasteiger partial charge in [0.25, 0.3) is 0 Å². The van der Waals surface area contributed by atoms with E-state index < -0.39 is 12.2 Å². The first-order chi connectivity index (χ1) is 8.42. The van der Waals surface area contributed by atoms with Gasteiger partial charge in [0.15, 0.2) is 0 Å². The number of hydrogen-bond acceptors (Lipinski definition) is 2. The van der Waals surface area contributed by atoms with Gasteiger partial charge >= 0.3 is 6.18 Å². The zero-order valence-corrected chi connectivity index (χ0v) is 12.2. The fourth-order valence-electron chi connectivity index (χ4n) is 2.27. The van der Waals surface area contributed by atoms with E-state index in [4.69, 9.17) is 0 Å². The van der Waals surface area contributed by atoms with Crippen molar-refractivity contribution >= 4 is 5.91 Å². The number of halogens is 3. The van der Waals surface area contributed by atoms with Crippen LogP contribution in [0.4, 0.5) is 13.2 Å². The molecule has 1 heterocycles. The van der Waals surface area contributed by atoms with Crippen LogP contribution in [0.5, 0.6) is 0 Å². The van der Waals surface area contributed by atoms with Crippen molar-refractivity contribution in [1.82, 2.24) is 9.80 Å². The second-order valence-electron chi connectivity index (χ2n) is 6.61. The Balaban J connectivity index is 2.80. The SMILES string of the molecule is CC1CN(C(=O)CC(C)(C)C)CC(C(F)(F)F)N1C. The molecule has 1 aliphatic rings. The summed E-state index contributed by atoms with van der Waals surface area (Å²) in [5, 5.41) is 0. The third-order valence-electron chi connectivity index (χ3n) is 3.48. The zero-order chi connectivity index (χ0) is 15.0. The van der Waals surface area contributed by atoms with E-state index in [1.807, 2.05) is 20.8 Å². The number of rotatable bonds is 1. The predicted molar refractivity (Wildman–Crippen MR) is 67.7 cm³/mol. The monoisotopic (exact) mass is 280 g/mol. The van der Waals surface area contributed by atoms with Crippen LogP contribution < -0.4 is 0 Å². The largest absolute Gasteiger partial charge is 0.405 e. The Labute approximate surface area is 112 Å². The van der Waals surface area contributed by atoms with E-state index in [1.54, 1.807) is 6.92 Å². The standard InChI is InChI=1S/C13H23F3N2O/c1-9-7-18(11(19)6-12(2,3)4)8-10(17(9)5)13(14,15)16/h9-10H,6-8H2,1-5H3. The lowest BCUT2D eigenvalue weighted by molar-refractivity contribution is -0.201. The molecule has 3 nitrogen and oxygen atoms in total. The van der Waals surface area contributed by atoms with Crippen molar-refractivity contribution < 1.29 is 18.0 Å². The maximum atomic E-state index is 13.0. The van der Waals surface area contributed by atoms with Gasteiger partial charge in [0, 0.05) is 25.6 Å². The van der Waals surface area contributed by atoms with Gasteiger partial charge < -0.3 is 4.90 Å². The molecule has 19 heavy (non-hydrogen) atoms. The Hall–Kier alpha value is -0.780. The van der Waals surface area contributed by atoms with E-state index in [2.05, 4.69) is 0 Å². The topological polar surface area (TPSA) is 23.6 Å². The molecule has 2 unspecified atom stereocenters. The highest BCUT2D eigenvalue weighted by Gasteiger charge is 2.47. The number of alkyl halides is 3. The minimum absolute atomic E-state index is 0.193. The van der Waals surface area contributed by atoms with Crippen molar-refractivity contribution in [3.8, 4) is 0 Å². The maximum absolute atomic E-state index is 13.0. The van der Waals surface area contributed by atoms with Crippen LogP contribution in [0.1, 0.15) is 34.1 Å². The average Bonchev–Trinajstić information content (AvgIpc) is 2.17. The van der Waals surface area contributed by atoms with Gasteiger partial charge in [-0.05, 0) is 19.4 Å². The molecule has 1 saturated heterocycles. The lowest BCUT2D eigenvalue weighted by Crippen LogP contribution is -2.62. The quantitative estimate of drug-likeness (QED) is 0.737. The van der Waals surface area contributed by atoms with Crippen molar-refractivity contribution in [2.45, 2.75) is 52.4 Å². The first kappa shape index (κ1) is 16.3. The Morgan fingerprint density at radius 2 is 1.74 bits per heavy atom. The summed E-state index contributed by atoms with van der Waals surface area (Å²) in [4.78, 5) is 14.7. The van der Waals surface area contributed by atoms with Gasteiger partial charge in [0.1, 0.15) is 6.04 Å². The summed E-state index contributed by atoms with van der Waals surface area (Å²) in [5.41, 5.74) is -0.211. The smallest absolute Gasteiger partial charge is 0.339 e. The number of nitrogens with zero attached hydrogens (tertiary/aromatic N) is 2. The van der Waals surface area contributed by atoms with E-state index >= 15 is 0 Å². The van der Waals surface area contributed by atoms with Gasteiger partial charge in [0.05, 0.1) is 0 Å². The molecule has 0 aromatic carbocycles. The fraction of sp³-hybridized carbons (Fsp3) is 0.923. The van der Waals surface area contributed by atoms with Crippen molar-refractivity contribution in [2.75, 3.05) is 20.1 Å². The third-order valence-corrected chi connectivity index (χ3v) is 3.48. The second-order valence-corrected chi connectivity index (χ2v) is 6.61. The van der Waals surface area contributed by atoms with E-state index in [9.17, 15) is 18.0 Å². The van der Waals surface area contributed by atoms with E-state index in [1.165, 1.54) is 16.8 Å². The van der Waals surface area contributed by atoms with Crippen molar-refractivity contribution in [3.63, 3.8) is 0 Å². The maximum Gasteiger partial charge on any atom is 0.405 e. The molecule has 0 aromatic heterocycles. The number of hydrogen-bond donors (Lipinski definition) is 0.